The van der Waals surface area contributed by atoms with Gasteiger partial charge in [-0.15, -0.1) is 0 Å². The zero-order valence-electron chi connectivity index (χ0n) is 26.0. The van der Waals surface area contributed by atoms with Crippen molar-refractivity contribution in [2.24, 2.45) is 11.8 Å². The number of unbranched alkanes of at least 4 members (excludes halogenated alkanes) is 2. The number of fused-ring (bicyclic) bond motifs is 3. The predicted octanol–water partition coefficient (Wildman–Crippen LogP) is 10.2. The SMILES string of the molecule is CCCCC(CC)CC1(CC(CC)CCCC)c2cc(Br)ccc2-c2ccc(B3OC(C)(C)C(C)(C)O3)cc21. The van der Waals surface area contributed by atoms with Gasteiger partial charge in [-0.05, 0) is 92.2 Å². The van der Waals surface area contributed by atoms with Crippen LogP contribution in [0.3, 0.4) is 0 Å². The van der Waals surface area contributed by atoms with Gasteiger partial charge in [0, 0.05) is 9.89 Å². The molecule has 0 spiro atoms. The first-order chi connectivity index (χ1) is 18.5. The summed E-state index contributed by atoms with van der Waals surface area (Å²) in [6, 6.07) is 14.1. The minimum absolute atomic E-state index is 0.0108. The fourth-order valence-corrected chi connectivity index (χ4v) is 7.37. The molecule has 0 aromatic heterocycles. The van der Waals surface area contributed by atoms with E-state index in [1.807, 2.05) is 0 Å². The van der Waals surface area contributed by atoms with Crippen molar-refractivity contribution in [3.63, 3.8) is 0 Å². The van der Waals surface area contributed by atoms with E-state index in [-0.39, 0.29) is 23.7 Å². The molecule has 2 atom stereocenters. The van der Waals surface area contributed by atoms with Gasteiger partial charge < -0.3 is 9.31 Å². The zero-order chi connectivity index (χ0) is 28.4. The second-order valence-electron chi connectivity index (χ2n) is 13.4. The van der Waals surface area contributed by atoms with E-state index in [9.17, 15) is 0 Å². The molecule has 1 aliphatic heterocycles. The highest BCUT2D eigenvalue weighted by atomic mass is 79.9. The van der Waals surface area contributed by atoms with Crippen LogP contribution in [0.15, 0.2) is 40.9 Å². The summed E-state index contributed by atoms with van der Waals surface area (Å²) < 4.78 is 14.3. The van der Waals surface area contributed by atoms with Crippen LogP contribution in [-0.2, 0) is 14.7 Å². The highest BCUT2D eigenvalue weighted by molar-refractivity contribution is 9.10. The standard InChI is InChI=1S/C35H52BBrO2/c1-9-13-15-25(11-3)23-35(24-26(12-4)16-14-10-2)31-21-27(36-38-33(5,6)34(7,8)39-36)17-19-29(31)30-20-18-28(37)22-32(30)35/h17-22,25-26H,9-16,23-24H2,1-8H3. The van der Waals surface area contributed by atoms with E-state index in [1.54, 1.807) is 0 Å². The lowest BCUT2D eigenvalue weighted by Gasteiger charge is -2.39. The molecule has 4 rings (SSSR count). The Hall–Kier alpha value is -1.10. The van der Waals surface area contributed by atoms with Gasteiger partial charge in [0.1, 0.15) is 0 Å². The fourth-order valence-electron chi connectivity index (χ4n) is 7.01. The second-order valence-corrected chi connectivity index (χ2v) is 14.3. The van der Waals surface area contributed by atoms with Crippen molar-refractivity contribution in [1.29, 1.82) is 0 Å². The van der Waals surface area contributed by atoms with Crippen LogP contribution in [0.25, 0.3) is 11.1 Å². The van der Waals surface area contributed by atoms with E-state index in [1.165, 1.54) is 90.9 Å². The van der Waals surface area contributed by atoms with E-state index in [0.717, 1.165) is 5.46 Å². The molecule has 214 valence electrons. The van der Waals surface area contributed by atoms with E-state index in [4.69, 9.17) is 9.31 Å². The van der Waals surface area contributed by atoms with E-state index < -0.39 is 0 Å². The molecular formula is C35H52BBrO2. The molecule has 2 aliphatic rings. The summed E-state index contributed by atoms with van der Waals surface area (Å²) in [5.74, 6) is 1.43. The molecule has 0 amide bonds. The molecule has 2 aromatic carbocycles. The third kappa shape index (κ3) is 6.09. The lowest BCUT2D eigenvalue weighted by atomic mass is 9.64. The second kappa shape index (κ2) is 12.4. The maximum atomic E-state index is 6.56. The first kappa shape index (κ1) is 30.9. The van der Waals surface area contributed by atoms with Crippen LogP contribution in [0.5, 0.6) is 0 Å². The van der Waals surface area contributed by atoms with Gasteiger partial charge in [-0.3, -0.25) is 0 Å². The first-order valence-corrected chi connectivity index (χ1v) is 16.6. The summed E-state index contributed by atoms with van der Waals surface area (Å²) in [7, 11) is -0.336. The number of benzene rings is 2. The van der Waals surface area contributed by atoms with Crippen molar-refractivity contribution in [3.05, 3.63) is 52.0 Å². The minimum Gasteiger partial charge on any atom is -0.399 e. The van der Waals surface area contributed by atoms with Gasteiger partial charge in [0.05, 0.1) is 11.2 Å². The third-order valence-electron chi connectivity index (χ3n) is 10.2. The molecule has 0 bridgehead atoms. The summed E-state index contributed by atoms with van der Waals surface area (Å²) in [4.78, 5) is 0. The highest BCUT2D eigenvalue weighted by Gasteiger charge is 2.53. The molecule has 1 heterocycles. The number of hydrogen-bond donors (Lipinski definition) is 0. The van der Waals surface area contributed by atoms with Crippen LogP contribution < -0.4 is 5.46 Å². The van der Waals surface area contributed by atoms with Crippen LogP contribution in [0.2, 0.25) is 0 Å². The van der Waals surface area contributed by atoms with Crippen LogP contribution in [0.4, 0.5) is 0 Å². The lowest BCUT2D eigenvalue weighted by Crippen LogP contribution is -2.41. The normalized spacial score (nSPS) is 22.5. The molecular weight excluding hydrogens is 543 g/mol. The largest absolute Gasteiger partial charge is 0.494 e. The van der Waals surface area contributed by atoms with Gasteiger partial charge in [0.25, 0.3) is 0 Å². The van der Waals surface area contributed by atoms with Crippen molar-refractivity contribution in [3.8, 4) is 11.1 Å². The van der Waals surface area contributed by atoms with Crippen LogP contribution in [-0.4, -0.2) is 18.3 Å². The Morgan fingerprint density at radius 2 is 1.21 bits per heavy atom. The summed E-state index contributed by atoms with van der Waals surface area (Å²) in [5, 5.41) is 0. The van der Waals surface area contributed by atoms with Crippen LogP contribution >= 0.6 is 15.9 Å². The van der Waals surface area contributed by atoms with Crippen molar-refractivity contribution < 1.29 is 9.31 Å². The molecule has 1 saturated heterocycles. The van der Waals surface area contributed by atoms with E-state index in [0.29, 0.717) is 11.8 Å². The Morgan fingerprint density at radius 3 is 1.69 bits per heavy atom. The molecule has 0 saturated carbocycles. The third-order valence-corrected chi connectivity index (χ3v) is 10.7. The first-order valence-electron chi connectivity index (χ1n) is 15.8. The topological polar surface area (TPSA) is 18.5 Å². The van der Waals surface area contributed by atoms with E-state index in [2.05, 4.69) is 108 Å². The molecule has 2 unspecified atom stereocenters. The van der Waals surface area contributed by atoms with Gasteiger partial charge in [-0.2, -0.15) is 0 Å². The molecule has 2 aromatic rings. The quantitative estimate of drug-likeness (QED) is 0.215. The Kier molecular flexibility index (Phi) is 9.82. The van der Waals surface area contributed by atoms with Crippen LogP contribution in [0.1, 0.15) is 131 Å². The Morgan fingerprint density at radius 1 is 0.718 bits per heavy atom. The molecule has 39 heavy (non-hydrogen) atoms. The van der Waals surface area contributed by atoms with Crippen LogP contribution in [0, 0.1) is 11.8 Å². The molecule has 1 aliphatic carbocycles. The smallest absolute Gasteiger partial charge is 0.399 e. The average molecular weight is 596 g/mol. The summed E-state index contributed by atoms with van der Waals surface area (Å²) in [5.41, 5.74) is 6.35. The van der Waals surface area contributed by atoms with Gasteiger partial charge in [0.2, 0.25) is 0 Å². The number of halogens is 1. The van der Waals surface area contributed by atoms with Crippen molar-refractivity contribution in [1.82, 2.24) is 0 Å². The molecule has 4 heteroatoms. The van der Waals surface area contributed by atoms with Gasteiger partial charge in [-0.25, -0.2) is 0 Å². The Bertz CT molecular complexity index is 1090. The fraction of sp³-hybridized carbons (Fsp3) is 0.657. The summed E-state index contributed by atoms with van der Waals surface area (Å²) >= 11 is 3.87. The summed E-state index contributed by atoms with van der Waals surface area (Å²) in [6.45, 7) is 18.1. The molecule has 0 radical (unpaired) electrons. The van der Waals surface area contributed by atoms with Crippen molar-refractivity contribution in [2.75, 3.05) is 0 Å². The molecule has 0 N–H and O–H groups in total. The monoisotopic (exact) mass is 594 g/mol. The van der Waals surface area contributed by atoms with E-state index >= 15 is 0 Å². The van der Waals surface area contributed by atoms with Gasteiger partial charge in [0.15, 0.2) is 0 Å². The lowest BCUT2D eigenvalue weighted by molar-refractivity contribution is 0.00578. The molecule has 2 nitrogen and oxygen atoms in total. The highest BCUT2D eigenvalue weighted by Crippen LogP contribution is 2.56. The number of rotatable bonds is 13. The van der Waals surface area contributed by atoms with Gasteiger partial charge in [-0.1, -0.05) is 119 Å². The summed E-state index contributed by atoms with van der Waals surface area (Å²) in [6.07, 6.45) is 12.7. The predicted molar refractivity (Wildman–Crippen MR) is 172 cm³/mol. The molecule has 1 fully saturated rings. The van der Waals surface area contributed by atoms with Crippen molar-refractivity contribution in [2.45, 2.75) is 136 Å². The Labute approximate surface area is 248 Å². The zero-order valence-corrected chi connectivity index (χ0v) is 27.5. The van der Waals surface area contributed by atoms with Crippen molar-refractivity contribution >= 4 is 28.5 Å². The average Bonchev–Trinajstić information content (AvgIpc) is 3.29. The Balaban J connectivity index is 1.87. The maximum absolute atomic E-state index is 6.56. The minimum atomic E-state index is -0.345. The van der Waals surface area contributed by atoms with Gasteiger partial charge >= 0.3 is 7.12 Å². The maximum Gasteiger partial charge on any atom is 0.494 e. The number of hydrogen-bond acceptors (Lipinski definition) is 2.